The Morgan fingerprint density at radius 3 is 1.85 bits per heavy atom. The van der Waals surface area contributed by atoms with Crippen LogP contribution in [0.1, 0.15) is 31.1 Å². The van der Waals surface area contributed by atoms with E-state index in [0.717, 1.165) is 11.1 Å². The first kappa shape index (κ1) is 19.0. The molecule has 2 aromatic rings. The number of hydrogen-bond donors (Lipinski definition) is 0. The molecule has 0 saturated carbocycles. The molecule has 0 radical (unpaired) electrons. The van der Waals surface area contributed by atoms with Crippen molar-refractivity contribution < 1.29 is 14.3 Å². The van der Waals surface area contributed by atoms with Crippen molar-refractivity contribution in [2.45, 2.75) is 26.4 Å². The first-order chi connectivity index (χ1) is 12.8. The molecule has 2 amide bonds. The summed E-state index contributed by atoms with van der Waals surface area (Å²) in [7, 11) is 0. The minimum atomic E-state index is -0.509. The lowest BCUT2D eigenvalue weighted by atomic mass is 10.0. The summed E-state index contributed by atoms with van der Waals surface area (Å²) in [6, 6.07) is 17.8. The summed E-state index contributed by atoms with van der Waals surface area (Å²) in [5.74, 6) is -0.00143. The lowest BCUT2D eigenvalue weighted by Gasteiger charge is -2.35. The van der Waals surface area contributed by atoms with Crippen molar-refractivity contribution in [3.63, 3.8) is 0 Å². The Morgan fingerprint density at radius 1 is 0.778 bits per heavy atom. The van der Waals surface area contributed by atoms with Crippen LogP contribution in [0.3, 0.4) is 0 Å². The van der Waals surface area contributed by atoms with Crippen molar-refractivity contribution in [1.82, 2.24) is 9.80 Å². The molecule has 5 nitrogen and oxygen atoms in total. The first-order valence-corrected chi connectivity index (χ1v) is 9.26. The van der Waals surface area contributed by atoms with Gasteiger partial charge in [-0.15, -0.1) is 0 Å². The van der Waals surface area contributed by atoms with Crippen LogP contribution < -0.4 is 0 Å². The predicted octanol–water partition coefficient (Wildman–Crippen LogP) is 4.05. The van der Waals surface area contributed by atoms with Crippen molar-refractivity contribution in [3.8, 4) is 11.1 Å². The van der Waals surface area contributed by atoms with Gasteiger partial charge in [0.25, 0.3) is 5.91 Å². The Labute approximate surface area is 160 Å². The van der Waals surface area contributed by atoms with E-state index in [2.05, 4.69) is 0 Å². The molecule has 0 aliphatic carbocycles. The van der Waals surface area contributed by atoms with Crippen LogP contribution in [0.5, 0.6) is 0 Å². The highest BCUT2D eigenvalue weighted by Crippen LogP contribution is 2.20. The molecule has 0 aromatic heterocycles. The van der Waals surface area contributed by atoms with E-state index < -0.39 is 5.60 Å². The van der Waals surface area contributed by atoms with Crippen LogP contribution in [0.2, 0.25) is 0 Å². The number of ether oxygens (including phenoxy) is 1. The van der Waals surface area contributed by atoms with Crippen LogP contribution in [0.15, 0.2) is 54.6 Å². The molecule has 1 fully saturated rings. The third-order valence-corrected chi connectivity index (χ3v) is 4.46. The predicted molar refractivity (Wildman–Crippen MR) is 106 cm³/mol. The summed E-state index contributed by atoms with van der Waals surface area (Å²) in [5.41, 5.74) is 2.37. The Bertz CT molecular complexity index is 787. The molecule has 27 heavy (non-hydrogen) atoms. The van der Waals surface area contributed by atoms with Gasteiger partial charge in [-0.1, -0.05) is 42.5 Å². The van der Waals surface area contributed by atoms with E-state index in [1.807, 2.05) is 75.4 Å². The summed E-state index contributed by atoms with van der Waals surface area (Å²) >= 11 is 0. The monoisotopic (exact) mass is 366 g/mol. The number of hydrogen-bond acceptors (Lipinski definition) is 3. The molecule has 0 bridgehead atoms. The van der Waals surface area contributed by atoms with Crippen LogP contribution in [-0.4, -0.2) is 53.6 Å². The standard InChI is InChI=1S/C22H26N2O3/c1-22(2,3)27-21(26)24-15-13-23(14-16-24)20(25)19-11-9-18(10-12-19)17-7-5-4-6-8-17/h4-12H,13-16H2,1-3H3. The maximum atomic E-state index is 12.7. The largest absolute Gasteiger partial charge is 0.444 e. The highest BCUT2D eigenvalue weighted by molar-refractivity contribution is 5.95. The molecule has 5 heteroatoms. The minimum absolute atomic E-state index is 0.00143. The van der Waals surface area contributed by atoms with Crippen molar-refractivity contribution in [3.05, 3.63) is 60.2 Å². The van der Waals surface area contributed by atoms with Gasteiger partial charge in [0.2, 0.25) is 0 Å². The van der Waals surface area contributed by atoms with E-state index >= 15 is 0 Å². The molecule has 1 aliphatic heterocycles. The molecule has 2 aromatic carbocycles. The smallest absolute Gasteiger partial charge is 0.410 e. The van der Waals surface area contributed by atoms with Crippen LogP contribution in [0.25, 0.3) is 11.1 Å². The van der Waals surface area contributed by atoms with Gasteiger partial charge in [-0.25, -0.2) is 4.79 Å². The van der Waals surface area contributed by atoms with Gasteiger partial charge < -0.3 is 14.5 Å². The normalized spacial score (nSPS) is 14.8. The highest BCUT2D eigenvalue weighted by atomic mass is 16.6. The lowest BCUT2D eigenvalue weighted by Crippen LogP contribution is -2.51. The summed E-state index contributed by atoms with van der Waals surface area (Å²) < 4.78 is 5.40. The molecular weight excluding hydrogens is 340 g/mol. The molecule has 142 valence electrons. The minimum Gasteiger partial charge on any atom is -0.444 e. The van der Waals surface area contributed by atoms with Crippen molar-refractivity contribution in [1.29, 1.82) is 0 Å². The van der Waals surface area contributed by atoms with Gasteiger partial charge >= 0.3 is 6.09 Å². The number of carbonyl (C=O) groups excluding carboxylic acids is 2. The zero-order chi connectivity index (χ0) is 19.4. The van der Waals surface area contributed by atoms with Crippen molar-refractivity contribution >= 4 is 12.0 Å². The van der Waals surface area contributed by atoms with Crippen LogP contribution in [0.4, 0.5) is 4.79 Å². The SMILES string of the molecule is CC(C)(C)OC(=O)N1CCN(C(=O)c2ccc(-c3ccccc3)cc2)CC1. The molecule has 1 heterocycles. The topological polar surface area (TPSA) is 49.9 Å². The van der Waals surface area contributed by atoms with Crippen molar-refractivity contribution in [2.75, 3.05) is 26.2 Å². The van der Waals surface area contributed by atoms with Gasteiger partial charge in [-0.2, -0.15) is 0 Å². The van der Waals surface area contributed by atoms with E-state index in [0.29, 0.717) is 31.7 Å². The van der Waals surface area contributed by atoms with Crippen LogP contribution in [-0.2, 0) is 4.74 Å². The number of piperazine rings is 1. The summed E-state index contributed by atoms with van der Waals surface area (Å²) in [4.78, 5) is 28.3. The molecule has 0 unspecified atom stereocenters. The second kappa shape index (κ2) is 7.82. The van der Waals surface area contributed by atoms with Gasteiger partial charge in [-0.3, -0.25) is 4.79 Å². The Morgan fingerprint density at radius 2 is 1.30 bits per heavy atom. The fraction of sp³-hybridized carbons (Fsp3) is 0.364. The number of nitrogens with zero attached hydrogens (tertiary/aromatic N) is 2. The summed E-state index contributed by atoms with van der Waals surface area (Å²) in [6.45, 7) is 7.56. The van der Waals surface area contributed by atoms with Crippen LogP contribution in [0, 0.1) is 0 Å². The van der Waals surface area contributed by atoms with E-state index in [1.165, 1.54) is 0 Å². The molecular formula is C22H26N2O3. The zero-order valence-corrected chi connectivity index (χ0v) is 16.1. The third kappa shape index (κ3) is 4.88. The number of carbonyl (C=O) groups is 2. The third-order valence-electron chi connectivity index (χ3n) is 4.46. The van der Waals surface area contributed by atoms with Gasteiger partial charge in [0, 0.05) is 31.7 Å². The summed E-state index contributed by atoms with van der Waals surface area (Å²) in [5, 5.41) is 0. The Kier molecular flexibility index (Phi) is 5.49. The van der Waals surface area contributed by atoms with E-state index in [-0.39, 0.29) is 12.0 Å². The highest BCUT2D eigenvalue weighted by Gasteiger charge is 2.28. The van der Waals surface area contributed by atoms with Crippen LogP contribution >= 0.6 is 0 Å². The molecule has 1 aliphatic rings. The first-order valence-electron chi connectivity index (χ1n) is 9.26. The zero-order valence-electron chi connectivity index (χ0n) is 16.1. The maximum Gasteiger partial charge on any atom is 0.410 e. The molecule has 3 rings (SSSR count). The molecule has 0 atom stereocenters. The number of rotatable bonds is 2. The fourth-order valence-corrected chi connectivity index (χ4v) is 3.04. The second-order valence-electron chi connectivity index (χ2n) is 7.70. The number of benzene rings is 2. The average Bonchev–Trinajstić information content (AvgIpc) is 2.67. The Balaban J connectivity index is 1.59. The van der Waals surface area contributed by atoms with E-state index in [9.17, 15) is 9.59 Å². The average molecular weight is 366 g/mol. The van der Waals surface area contributed by atoms with Gasteiger partial charge in [0.05, 0.1) is 0 Å². The van der Waals surface area contributed by atoms with Gasteiger partial charge in [0.1, 0.15) is 5.60 Å². The Hall–Kier alpha value is -2.82. The lowest BCUT2D eigenvalue weighted by molar-refractivity contribution is 0.0141. The van der Waals surface area contributed by atoms with Gasteiger partial charge in [-0.05, 0) is 44.0 Å². The fourth-order valence-electron chi connectivity index (χ4n) is 3.04. The molecule has 1 saturated heterocycles. The van der Waals surface area contributed by atoms with Gasteiger partial charge in [0.15, 0.2) is 0 Å². The number of amides is 2. The van der Waals surface area contributed by atoms with E-state index in [1.54, 1.807) is 9.80 Å². The summed E-state index contributed by atoms with van der Waals surface area (Å²) in [6.07, 6.45) is -0.318. The van der Waals surface area contributed by atoms with Crippen molar-refractivity contribution in [2.24, 2.45) is 0 Å². The van der Waals surface area contributed by atoms with E-state index in [4.69, 9.17) is 4.74 Å². The maximum absolute atomic E-state index is 12.7. The molecule has 0 spiro atoms. The second-order valence-corrected chi connectivity index (χ2v) is 7.70. The molecule has 0 N–H and O–H groups in total. The quantitative estimate of drug-likeness (QED) is 0.806.